The minimum Gasteiger partial charge on any atom is -0.300 e. The van der Waals surface area contributed by atoms with Gasteiger partial charge in [-0.15, -0.1) is 0 Å². The number of fused-ring (bicyclic) bond motifs is 2. The number of aromatic amines is 1. The average Bonchev–Trinajstić information content (AvgIpc) is 3.60. The van der Waals surface area contributed by atoms with E-state index < -0.39 is 0 Å². The molecule has 5 aromatic rings. The number of likely N-dealkylation sites (tertiary alicyclic amines) is 1. The third kappa shape index (κ3) is 4.31. The molecule has 0 bridgehead atoms. The van der Waals surface area contributed by atoms with E-state index >= 15 is 0 Å². The summed E-state index contributed by atoms with van der Waals surface area (Å²) in [5.74, 6) is 0. The summed E-state index contributed by atoms with van der Waals surface area (Å²) in [7, 11) is 0. The van der Waals surface area contributed by atoms with Crippen LogP contribution in [0.5, 0.6) is 0 Å². The molecule has 1 aliphatic heterocycles. The highest BCUT2D eigenvalue weighted by Crippen LogP contribution is 2.33. The van der Waals surface area contributed by atoms with Gasteiger partial charge in [0.25, 0.3) is 0 Å². The lowest BCUT2D eigenvalue weighted by Crippen LogP contribution is -2.32. The first-order valence-corrected chi connectivity index (χ1v) is 14.0. The van der Waals surface area contributed by atoms with Crippen LogP contribution in [0.2, 0.25) is 0 Å². The van der Waals surface area contributed by atoms with Gasteiger partial charge in [-0.25, -0.2) is 4.98 Å². The van der Waals surface area contributed by atoms with Gasteiger partial charge in [0.1, 0.15) is 0 Å². The van der Waals surface area contributed by atoms with Crippen LogP contribution in [0.3, 0.4) is 0 Å². The third-order valence-electron chi connectivity index (χ3n) is 8.56. The summed E-state index contributed by atoms with van der Waals surface area (Å²) in [5, 5.41) is 8.79. The molecule has 5 nitrogen and oxygen atoms in total. The molecule has 1 saturated heterocycles. The van der Waals surface area contributed by atoms with Crippen molar-refractivity contribution in [3.63, 3.8) is 0 Å². The van der Waals surface area contributed by atoms with Crippen molar-refractivity contribution in [1.29, 1.82) is 0 Å². The Hall–Kier alpha value is -3.83. The first-order valence-electron chi connectivity index (χ1n) is 14.0. The van der Waals surface area contributed by atoms with Gasteiger partial charge in [-0.2, -0.15) is 5.10 Å². The lowest BCUT2D eigenvalue weighted by molar-refractivity contribution is 0.222. The first-order chi connectivity index (χ1) is 18.7. The standard InChI is InChI=1S/C33H33N5/c1-22-5-4-16-34-31(22)24-7-9-25(10-8-24)32-30-20-28(21-35-33(30)37-36-32)27-11-6-23-12-14-29(15-13-26(23)19-27)38-17-2-3-18-38/h4-11,16,19-21,29H,2-3,12-15,17-18H2,1H3,(H,35,36,37)/t29-/m0/s1. The zero-order valence-electron chi connectivity index (χ0n) is 22.0. The van der Waals surface area contributed by atoms with Crippen LogP contribution in [0.1, 0.15) is 42.4 Å². The summed E-state index contributed by atoms with van der Waals surface area (Å²) in [5.41, 5.74) is 11.6. The fourth-order valence-electron chi connectivity index (χ4n) is 6.40. The fourth-order valence-corrected chi connectivity index (χ4v) is 6.40. The molecular weight excluding hydrogens is 466 g/mol. The summed E-state index contributed by atoms with van der Waals surface area (Å²) in [6, 6.07) is 22.7. The number of hydrogen-bond donors (Lipinski definition) is 1. The second-order valence-electron chi connectivity index (χ2n) is 10.9. The molecule has 38 heavy (non-hydrogen) atoms. The third-order valence-corrected chi connectivity index (χ3v) is 8.56. The molecule has 0 saturated carbocycles. The molecule has 0 unspecified atom stereocenters. The van der Waals surface area contributed by atoms with Crippen molar-refractivity contribution in [2.75, 3.05) is 13.1 Å². The predicted molar refractivity (Wildman–Crippen MR) is 154 cm³/mol. The maximum Gasteiger partial charge on any atom is 0.181 e. The van der Waals surface area contributed by atoms with Crippen molar-refractivity contribution < 1.29 is 0 Å². The summed E-state index contributed by atoms with van der Waals surface area (Å²) in [4.78, 5) is 12.0. The Balaban J connectivity index is 1.17. The molecule has 5 heteroatoms. The molecule has 1 atom stereocenters. The van der Waals surface area contributed by atoms with E-state index in [4.69, 9.17) is 4.98 Å². The Morgan fingerprint density at radius 2 is 1.55 bits per heavy atom. The molecular formula is C33H33N5. The van der Waals surface area contributed by atoms with Crippen LogP contribution in [0.25, 0.3) is 44.7 Å². The van der Waals surface area contributed by atoms with Crippen molar-refractivity contribution in [2.45, 2.75) is 51.5 Å². The van der Waals surface area contributed by atoms with Crippen LogP contribution >= 0.6 is 0 Å². The van der Waals surface area contributed by atoms with E-state index in [0.29, 0.717) is 0 Å². The number of rotatable bonds is 4. The van der Waals surface area contributed by atoms with E-state index in [1.807, 2.05) is 18.5 Å². The Labute approximate surface area is 224 Å². The molecule has 0 amide bonds. The summed E-state index contributed by atoms with van der Waals surface area (Å²) in [6.45, 7) is 4.67. The van der Waals surface area contributed by atoms with Crippen molar-refractivity contribution in [2.24, 2.45) is 0 Å². The van der Waals surface area contributed by atoms with Crippen LogP contribution in [-0.4, -0.2) is 44.2 Å². The summed E-state index contributed by atoms with van der Waals surface area (Å²) >= 11 is 0. The number of aryl methyl sites for hydroxylation is 3. The Morgan fingerprint density at radius 3 is 2.37 bits per heavy atom. The zero-order valence-corrected chi connectivity index (χ0v) is 22.0. The monoisotopic (exact) mass is 499 g/mol. The maximum absolute atomic E-state index is 4.72. The molecule has 0 radical (unpaired) electrons. The Kier molecular flexibility index (Phi) is 6.01. The molecule has 7 rings (SSSR count). The molecule has 3 aromatic heterocycles. The highest BCUT2D eigenvalue weighted by atomic mass is 15.2. The molecule has 1 fully saturated rings. The number of pyridine rings is 2. The zero-order chi connectivity index (χ0) is 25.5. The largest absolute Gasteiger partial charge is 0.300 e. The second kappa shape index (κ2) is 9.80. The lowest BCUT2D eigenvalue weighted by Gasteiger charge is -2.25. The molecule has 1 aliphatic carbocycles. The molecule has 190 valence electrons. The van der Waals surface area contributed by atoms with E-state index in [-0.39, 0.29) is 0 Å². The van der Waals surface area contributed by atoms with E-state index in [9.17, 15) is 0 Å². The minimum atomic E-state index is 0.743. The molecule has 0 spiro atoms. The number of aromatic nitrogens is 4. The van der Waals surface area contributed by atoms with Crippen LogP contribution < -0.4 is 0 Å². The minimum absolute atomic E-state index is 0.743. The lowest BCUT2D eigenvalue weighted by atomic mass is 9.96. The van der Waals surface area contributed by atoms with Crippen molar-refractivity contribution in [1.82, 2.24) is 25.1 Å². The van der Waals surface area contributed by atoms with Gasteiger partial charge >= 0.3 is 0 Å². The van der Waals surface area contributed by atoms with Gasteiger partial charge in [0.05, 0.1) is 11.4 Å². The normalized spacial score (nSPS) is 18.0. The highest BCUT2D eigenvalue weighted by molar-refractivity contribution is 5.93. The summed E-state index contributed by atoms with van der Waals surface area (Å²) < 4.78 is 0. The predicted octanol–water partition coefficient (Wildman–Crippen LogP) is 7.01. The van der Waals surface area contributed by atoms with Crippen molar-refractivity contribution in [3.05, 3.63) is 89.7 Å². The quantitative estimate of drug-likeness (QED) is 0.270. The summed E-state index contributed by atoms with van der Waals surface area (Å²) in [6.07, 6.45) is 11.5. The maximum atomic E-state index is 4.72. The van der Waals surface area contributed by atoms with E-state index in [1.165, 1.54) is 73.9 Å². The van der Waals surface area contributed by atoms with Gasteiger partial charge in [-0.05, 0) is 92.9 Å². The number of benzene rings is 2. The smallest absolute Gasteiger partial charge is 0.181 e. The molecule has 2 aliphatic rings. The molecule has 1 N–H and O–H groups in total. The van der Waals surface area contributed by atoms with E-state index in [0.717, 1.165) is 45.2 Å². The van der Waals surface area contributed by atoms with Gasteiger partial charge in [0, 0.05) is 40.5 Å². The van der Waals surface area contributed by atoms with Crippen LogP contribution in [0.15, 0.2) is 73.1 Å². The Morgan fingerprint density at radius 1 is 0.789 bits per heavy atom. The van der Waals surface area contributed by atoms with Gasteiger partial charge in [0.15, 0.2) is 5.65 Å². The van der Waals surface area contributed by atoms with Gasteiger partial charge in [0.2, 0.25) is 0 Å². The van der Waals surface area contributed by atoms with Crippen molar-refractivity contribution in [3.8, 4) is 33.6 Å². The van der Waals surface area contributed by atoms with Crippen LogP contribution in [0.4, 0.5) is 0 Å². The van der Waals surface area contributed by atoms with E-state index in [2.05, 4.69) is 81.6 Å². The van der Waals surface area contributed by atoms with E-state index in [1.54, 1.807) is 0 Å². The van der Waals surface area contributed by atoms with Gasteiger partial charge in [-0.3, -0.25) is 10.1 Å². The van der Waals surface area contributed by atoms with Gasteiger partial charge < -0.3 is 4.90 Å². The van der Waals surface area contributed by atoms with Crippen LogP contribution in [0, 0.1) is 6.92 Å². The first kappa shape index (κ1) is 23.3. The van der Waals surface area contributed by atoms with Gasteiger partial charge in [-0.1, -0.05) is 48.5 Å². The second-order valence-corrected chi connectivity index (χ2v) is 10.9. The number of hydrogen-bond acceptors (Lipinski definition) is 4. The van der Waals surface area contributed by atoms with Crippen LogP contribution in [-0.2, 0) is 12.8 Å². The fraction of sp³-hybridized carbons (Fsp3) is 0.303. The number of nitrogens with one attached hydrogen (secondary N) is 1. The SMILES string of the molecule is Cc1cccnc1-c1ccc(-c2[nH]nc3ncc(-c4ccc5c(c4)CC[C@@H](N4CCCC4)CC5)cc23)cc1. The molecule has 2 aromatic carbocycles. The molecule has 4 heterocycles. The highest BCUT2D eigenvalue weighted by Gasteiger charge is 2.24. The topological polar surface area (TPSA) is 57.7 Å². The van der Waals surface area contributed by atoms with Crippen molar-refractivity contribution >= 4 is 11.0 Å². The number of nitrogens with zero attached hydrogens (tertiary/aromatic N) is 4. The average molecular weight is 500 g/mol. The number of H-pyrrole nitrogens is 1. The Bertz CT molecular complexity index is 1590.